The number of hydrogen-bond donors (Lipinski definition) is 3. The molecule has 3 N–H and O–H groups in total. The third-order valence-corrected chi connectivity index (χ3v) is 18.4. The van der Waals surface area contributed by atoms with Crippen LogP contribution in [-0.2, 0) is 65.4 Å². The first-order valence-electron chi connectivity index (χ1n) is 35.8. The topological polar surface area (TPSA) is 237 Å². The van der Waals surface area contributed by atoms with Crippen molar-refractivity contribution in [3.8, 4) is 0 Å². The Bertz CT molecular complexity index is 1750. The van der Waals surface area contributed by atoms with Crippen LogP contribution in [0, 0.1) is 23.7 Å². The zero-order chi connectivity index (χ0) is 65.4. The van der Waals surface area contributed by atoms with E-state index >= 15 is 0 Å². The third kappa shape index (κ3) is 60.3. The summed E-state index contributed by atoms with van der Waals surface area (Å²) in [5.74, 6) is 0.836. The zero-order valence-electron chi connectivity index (χ0n) is 57.3. The van der Waals surface area contributed by atoms with Gasteiger partial charge in [-0.1, -0.05) is 287 Å². The van der Waals surface area contributed by atoms with Crippen LogP contribution < -0.4 is 0 Å². The number of rotatable bonds is 66. The third-order valence-electron chi connectivity index (χ3n) is 16.5. The van der Waals surface area contributed by atoms with Crippen molar-refractivity contribution in [3.05, 3.63) is 0 Å². The molecule has 0 aliphatic carbocycles. The highest BCUT2D eigenvalue weighted by atomic mass is 31.2. The van der Waals surface area contributed by atoms with Crippen molar-refractivity contribution in [1.29, 1.82) is 0 Å². The van der Waals surface area contributed by atoms with E-state index in [1.165, 1.54) is 135 Å². The van der Waals surface area contributed by atoms with Gasteiger partial charge in [0.1, 0.15) is 19.3 Å². The molecule has 0 aromatic heterocycles. The van der Waals surface area contributed by atoms with Gasteiger partial charge in [-0.15, -0.1) is 0 Å². The van der Waals surface area contributed by atoms with Crippen molar-refractivity contribution < 1.29 is 80.2 Å². The van der Waals surface area contributed by atoms with Gasteiger partial charge in [0.05, 0.1) is 26.4 Å². The van der Waals surface area contributed by atoms with Gasteiger partial charge in [0.15, 0.2) is 12.2 Å². The highest BCUT2D eigenvalue weighted by Gasteiger charge is 2.30. The van der Waals surface area contributed by atoms with Crippen LogP contribution in [0.4, 0.5) is 0 Å². The number of carbonyl (C=O) groups is 4. The smallest absolute Gasteiger partial charge is 0.462 e. The van der Waals surface area contributed by atoms with E-state index in [2.05, 4.69) is 55.4 Å². The van der Waals surface area contributed by atoms with Gasteiger partial charge in [-0.2, -0.15) is 0 Å². The number of phosphoric acid groups is 2. The van der Waals surface area contributed by atoms with Gasteiger partial charge in [0, 0.05) is 25.7 Å². The summed E-state index contributed by atoms with van der Waals surface area (Å²) < 4.78 is 68.2. The van der Waals surface area contributed by atoms with Crippen LogP contribution in [0.25, 0.3) is 0 Å². The second-order valence-corrected chi connectivity index (χ2v) is 29.3. The summed E-state index contributed by atoms with van der Waals surface area (Å²) in [6.07, 6.45) is 40.5. The molecule has 0 rings (SSSR count). The molecule has 4 unspecified atom stereocenters. The maximum absolute atomic E-state index is 13.0. The number of esters is 4. The van der Waals surface area contributed by atoms with Crippen LogP contribution in [0.15, 0.2) is 0 Å². The van der Waals surface area contributed by atoms with Crippen LogP contribution in [0.1, 0.15) is 338 Å². The first kappa shape index (κ1) is 86.1. The lowest BCUT2D eigenvalue weighted by Crippen LogP contribution is -2.30. The molecule has 0 radical (unpaired) electrons. The molecule has 0 saturated heterocycles. The zero-order valence-corrected chi connectivity index (χ0v) is 59.1. The van der Waals surface area contributed by atoms with E-state index in [9.17, 15) is 43.2 Å². The second-order valence-electron chi connectivity index (χ2n) is 26.4. The van der Waals surface area contributed by atoms with Crippen molar-refractivity contribution in [3.63, 3.8) is 0 Å². The standard InChI is InChI=1S/C69H134O17P2/c1-9-61(7)47-39-31-22-17-15-13-11-12-14-16-18-24-35-43-51-68(73)85-64(56-80-67(72)50-42-34-28-26-32-40-48-62(8)10-2)57-83-87(75,76)81-53-63(70)54-82-88(77,78)84-58-65(86-69(74)52-44-36-27-25-30-38-46-60(5)6)55-79-66(71)49-41-33-23-20-19-21-29-37-45-59(3)4/h59-65,70H,9-58H2,1-8H3,(H,75,76)(H,77,78)/t61?,62?,63-,64+,65+/m0/s1. The maximum atomic E-state index is 13.0. The fraction of sp³-hybridized carbons (Fsp3) is 0.942. The lowest BCUT2D eigenvalue weighted by molar-refractivity contribution is -0.161. The summed E-state index contributed by atoms with van der Waals surface area (Å²) in [7, 11) is -9.90. The summed E-state index contributed by atoms with van der Waals surface area (Å²) in [5.41, 5.74) is 0. The molecule has 522 valence electrons. The van der Waals surface area contributed by atoms with E-state index in [0.29, 0.717) is 31.6 Å². The van der Waals surface area contributed by atoms with Crippen LogP contribution in [0.2, 0.25) is 0 Å². The molecule has 0 aliphatic heterocycles. The quantitative estimate of drug-likeness (QED) is 0.0222. The predicted octanol–water partition coefficient (Wildman–Crippen LogP) is 19.3. The molecule has 0 saturated carbocycles. The van der Waals surface area contributed by atoms with E-state index in [-0.39, 0.29) is 25.7 Å². The number of carbonyl (C=O) groups excluding carboxylic acids is 4. The van der Waals surface area contributed by atoms with Crippen molar-refractivity contribution in [2.45, 2.75) is 356 Å². The number of aliphatic hydroxyl groups is 1. The van der Waals surface area contributed by atoms with Gasteiger partial charge in [-0.3, -0.25) is 37.3 Å². The fourth-order valence-electron chi connectivity index (χ4n) is 10.2. The molecule has 17 nitrogen and oxygen atoms in total. The minimum Gasteiger partial charge on any atom is -0.462 e. The summed E-state index contributed by atoms with van der Waals surface area (Å²) in [6, 6.07) is 0. The minimum atomic E-state index is -4.95. The lowest BCUT2D eigenvalue weighted by atomic mass is 9.99. The Morgan fingerprint density at radius 1 is 0.318 bits per heavy atom. The van der Waals surface area contributed by atoms with Crippen LogP contribution in [0.3, 0.4) is 0 Å². The van der Waals surface area contributed by atoms with Gasteiger partial charge in [-0.05, 0) is 49.4 Å². The molecule has 0 aromatic carbocycles. The monoisotopic (exact) mass is 1300 g/mol. The Morgan fingerprint density at radius 2 is 0.545 bits per heavy atom. The van der Waals surface area contributed by atoms with Crippen molar-refractivity contribution in [1.82, 2.24) is 0 Å². The number of aliphatic hydroxyl groups excluding tert-OH is 1. The number of hydrogen-bond acceptors (Lipinski definition) is 15. The summed E-state index contributed by atoms with van der Waals surface area (Å²) in [5, 5.41) is 10.6. The average molecular weight is 1300 g/mol. The Labute approximate surface area is 537 Å². The minimum absolute atomic E-state index is 0.101. The normalized spacial score (nSPS) is 14.9. The first-order chi connectivity index (χ1) is 42.2. The summed E-state index contributed by atoms with van der Waals surface area (Å²) in [4.78, 5) is 72.4. The Hall–Kier alpha value is -1.94. The van der Waals surface area contributed by atoms with Gasteiger partial charge in [-0.25, -0.2) is 9.13 Å². The van der Waals surface area contributed by atoms with E-state index in [0.717, 1.165) is 114 Å². The van der Waals surface area contributed by atoms with Crippen molar-refractivity contribution in [2.75, 3.05) is 39.6 Å². The molecule has 0 aromatic rings. The SMILES string of the molecule is CCC(C)CCCCCCCCCCCCCCCCC(=O)O[C@H](COC(=O)CCCCCCCCC(C)CC)COP(=O)(O)OC[C@H](O)COP(=O)(O)OC[C@@H](COC(=O)CCCCCCCCCCC(C)C)OC(=O)CCCCCCCCC(C)C. The molecule has 88 heavy (non-hydrogen) atoms. The van der Waals surface area contributed by atoms with E-state index in [4.69, 9.17) is 37.0 Å². The van der Waals surface area contributed by atoms with Gasteiger partial charge >= 0.3 is 39.5 Å². The van der Waals surface area contributed by atoms with Crippen LogP contribution >= 0.6 is 15.6 Å². The number of unbranched alkanes of at least 4 members (excludes halogenated alkanes) is 30. The molecule has 7 atom stereocenters. The fourth-order valence-corrected chi connectivity index (χ4v) is 11.8. The molecule has 0 amide bonds. The molecule has 0 aliphatic rings. The predicted molar refractivity (Wildman–Crippen MR) is 354 cm³/mol. The van der Waals surface area contributed by atoms with Crippen molar-refractivity contribution >= 4 is 39.5 Å². The van der Waals surface area contributed by atoms with Gasteiger partial charge in [0.25, 0.3) is 0 Å². The Balaban J connectivity index is 5.21. The van der Waals surface area contributed by atoms with Gasteiger partial charge < -0.3 is 33.8 Å². The maximum Gasteiger partial charge on any atom is 0.472 e. The summed E-state index contributed by atoms with van der Waals surface area (Å²) in [6.45, 7) is 14.0. The highest BCUT2D eigenvalue weighted by molar-refractivity contribution is 7.47. The van der Waals surface area contributed by atoms with E-state index < -0.39 is 97.5 Å². The molecule has 19 heteroatoms. The molecule has 0 spiro atoms. The summed E-state index contributed by atoms with van der Waals surface area (Å²) >= 11 is 0. The lowest BCUT2D eigenvalue weighted by Gasteiger charge is -2.21. The molecular formula is C69H134O17P2. The number of ether oxygens (including phenoxy) is 4. The van der Waals surface area contributed by atoms with Crippen LogP contribution in [-0.4, -0.2) is 96.7 Å². The first-order valence-corrected chi connectivity index (χ1v) is 38.8. The highest BCUT2D eigenvalue weighted by Crippen LogP contribution is 2.45. The molecule has 0 heterocycles. The second kappa shape index (κ2) is 58.8. The average Bonchev–Trinajstić information content (AvgIpc) is 3.68. The Morgan fingerprint density at radius 3 is 0.807 bits per heavy atom. The Kier molecular flexibility index (Phi) is 57.6. The van der Waals surface area contributed by atoms with Crippen LogP contribution in [0.5, 0.6) is 0 Å². The van der Waals surface area contributed by atoms with E-state index in [1.807, 2.05) is 0 Å². The van der Waals surface area contributed by atoms with Gasteiger partial charge in [0.2, 0.25) is 0 Å². The molecule has 0 fully saturated rings. The largest absolute Gasteiger partial charge is 0.472 e. The molecule has 0 bridgehead atoms. The van der Waals surface area contributed by atoms with E-state index in [1.54, 1.807) is 0 Å². The number of phosphoric ester groups is 2. The molecular weight excluding hydrogens is 1160 g/mol. The van der Waals surface area contributed by atoms with Crippen molar-refractivity contribution in [2.24, 2.45) is 23.7 Å².